The highest BCUT2D eigenvalue weighted by molar-refractivity contribution is 5.86. The molecule has 0 unspecified atom stereocenters. The quantitative estimate of drug-likeness (QED) is 0.449. The number of fused-ring (bicyclic) bond motifs is 2. The zero-order valence-electron chi connectivity index (χ0n) is 18.1. The van der Waals surface area contributed by atoms with Crippen molar-refractivity contribution in [3.63, 3.8) is 0 Å². The van der Waals surface area contributed by atoms with Gasteiger partial charge in [-0.3, -0.25) is 9.13 Å². The molecule has 2 heterocycles. The number of nitrogens with zero attached hydrogens (tertiary/aromatic N) is 4. The lowest BCUT2D eigenvalue weighted by atomic mass is 10.1. The smallest absolute Gasteiger partial charge is 0.326 e. The van der Waals surface area contributed by atoms with Gasteiger partial charge in [0.15, 0.2) is 0 Å². The van der Waals surface area contributed by atoms with E-state index < -0.39 is 0 Å². The van der Waals surface area contributed by atoms with E-state index in [1.54, 1.807) is 0 Å². The van der Waals surface area contributed by atoms with E-state index in [9.17, 15) is 4.79 Å². The third-order valence-electron chi connectivity index (χ3n) is 5.63. The number of aromatic nitrogens is 4. The predicted octanol–water partition coefficient (Wildman–Crippen LogP) is 4.83. The normalized spacial score (nSPS) is 11.9. The predicted molar refractivity (Wildman–Crippen MR) is 123 cm³/mol. The van der Waals surface area contributed by atoms with Gasteiger partial charge in [0.25, 0.3) is 0 Å². The van der Waals surface area contributed by atoms with Crippen LogP contribution in [0, 0.1) is 11.3 Å². The molecule has 0 saturated heterocycles. The van der Waals surface area contributed by atoms with Gasteiger partial charge in [-0.25, -0.2) is 9.78 Å². The molecular weight excluding hydrogens is 374 g/mol. The fraction of sp³-hybridized carbons (Fsp3) is 0.375. The Labute approximate surface area is 176 Å². The molecule has 0 aliphatic heterocycles. The summed E-state index contributed by atoms with van der Waals surface area (Å²) in [5.41, 5.74) is 4.63. The number of para-hydroxylation sites is 2. The first-order chi connectivity index (χ1) is 14.4. The van der Waals surface area contributed by atoms with Crippen molar-refractivity contribution in [2.45, 2.75) is 53.2 Å². The van der Waals surface area contributed by atoms with Crippen molar-refractivity contribution in [2.75, 3.05) is 0 Å². The Morgan fingerprint density at radius 1 is 1.00 bits per heavy atom. The van der Waals surface area contributed by atoms with Crippen LogP contribution in [0.3, 0.4) is 0 Å². The fourth-order valence-electron chi connectivity index (χ4n) is 4.07. The molecule has 4 rings (SSSR count). The standard InChI is InChI=1S/C24H29N5O/c1-16(2)11-12-27-20-10-9-18(14-25)13-19(20)26-23(27)15-28-21-7-5-6-8-22(21)29(17(3)4)24(28)30/h5-10,13-14,16-17,25H,11-12,15H2,1-4H3. The summed E-state index contributed by atoms with van der Waals surface area (Å²) in [6.07, 6.45) is 2.38. The molecule has 2 aromatic heterocycles. The van der Waals surface area contributed by atoms with Gasteiger partial charge in [-0.05, 0) is 56.0 Å². The second-order valence-corrected chi connectivity index (χ2v) is 8.58. The van der Waals surface area contributed by atoms with Crippen molar-refractivity contribution in [3.8, 4) is 0 Å². The third kappa shape index (κ3) is 3.47. The number of benzene rings is 2. The van der Waals surface area contributed by atoms with Gasteiger partial charge in [0.05, 0.1) is 28.6 Å². The minimum Gasteiger partial charge on any atom is -0.326 e. The summed E-state index contributed by atoms with van der Waals surface area (Å²) in [5, 5.41) is 7.55. The first kappa shape index (κ1) is 20.1. The summed E-state index contributed by atoms with van der Waals surface area (Å²) in [4.78, 5) is 18.2. The van der Waals surface area contributed by atoms with Crippen LogP contribution >= 0.6 is 0 Å². The first-order valence-corrected chi connectivity index (χ1v) is 10.6. The van der Waals surface area contributed by atoms with Gasteiger partial charge in [0.1, 0.15) is 5.82 Å². The van der Waals surface area contributed by atoms with E-state index >= 15 is 0 Å². The number of hydrogen-bond donors (Lipinski definition) is 1. The largest absolute Gasteiger partial charge is 0.329 e. The second-order valence-electron chi connectivity index (χ2n) is 8.58. The van der Waals surface area contributed by atoms with E-state index in [2.05, 4.69) is 18.4 Å². The number of rotatable bonds is 7. The van der Waals surface area contributed by atoms with E-state index in [0.717, 1.165) is 46.4 Å². The van der Waals surface area contributed by atoms with Crippen LogP contribution < -0.4 is 5.69 Å². The number of nitrogens with one attached hydrogen (secondary N) is 1. The van der Waals surface area contributed by atoms with Crippen LogP contribution in [-0.4, -0.2) is 24.9 Å². The molecule has 6 heteroatoms. The summed E-state index contributed by atoms with van der Waals surface area (Å²) < 4.78 is 5.92. The van der Waals surface area contributed by atoms with Gasteiger partial charge < -0.3 is 9.98 Å². The Morgan fingerprint density at radius 3 is 2.40 bits per heavy atom. The lowest BCUT2D eigenvalue weighted by Gasteiger charge is -2.12. The molecular formula is C24H29N5O. The average Bonchev–Trinajstić information content (AvgIpc) is 3.20. The highest BCUT2D eigenvalue weighted by Gasteiger charge is 2.18. The average molecular weight is 404 g/mol. The molecule has 1 N–H and O–H groups in total. The molecule has 0 bridgehead atoms. The third-order valence-corrected chi connectivity index (χ3v) is 5.63. The van der Waals surface area contributed by atoms with Crippen molar-refractivity contribution in [2.24, 2.45) is 5.92 Å². The van der Waals surface area contributed by atoms with Crippen LogP contribution in [0.4, 0.5) is 0 Å². The molecule has 0 atom stereocenters. The van der Waals surface area contributed by atoms with Crippen LogP contribution in [0.2, 0.25) is 0 Å². The summed E-state index contributed by atoms with van der Waals surface area (Å²) in [6.45, 7) is 9.78. The highest BCUT2D eigenvalue weighted by atomic mass is 16.1. The summed E-state index contributed by atoms with van der Waals surface area (Å²) in [5.74, 6) is 1.45. The summed E-state index contributed by atoms with van der Waals surface area (Å²) in [7, 11) is 0. The number of aryl methyl sites for hydroxylation is 1. The van der Waals surface area contributed by atoms with Crippen LogP contribution in [0.15, 0.2) is 47.3 Å². The lowest BCUT2D eigenvalue weighted by molar-refractivity contribution is 0.504. The Kier molecular flexibility index (Phi) is 5.33. The van der Waals surface area contributed by atoms with E-state index in [1.165, 1.54) is 6.21 Å². The van der Waals surface area contributed by atoms with Crippen LogP contribution in [-0.2, 0) is 13.1 Å². The van der Waals surface area contributed by atoms with Crippen LogP contribution in [0.5, 0.6) is 0 Å². The molecule has 2 aromatic carbocycles. The molecule has 4 aromatic rings. The number of hydrogen-bond acceptors (Lipinski definition) is 3. The summed E-state index contributed by atoms with van der Waals surface area (Å²) >= 11 is 0. The monoisotopic (exact) mass is 403 g/mol. The molecule has 6 nitrogen and oxygen atoms in total. The summed E-state index contributed by atoms with van der Waals surface area (Å²) in [6, 6.07) is 14.0. The number of imidazole rings is 2. The Hall–Kier alpha value is -3.15. The topological polar surface area (TPSA) is 68.6 Å². The Morgan fingerprint density at radius 2 is 1.73 bits per heavy atom. The molecule has 30 heavy (non-hydrogen) atoms. The van der Waals surface area contributed by atoms with Crippen molar-refractivity contribution in [3.05, 3.63) is 64.3 Å². The van der Waals surface area contributed by atoms with Gasteiger partial charge in [0, 0.05) is 18.8 Å². The molecule has 0 aliphatic rings. The Balaban J connectivity index is 1.88. The maximum Gasteiger partial charge on any atom is 0.329 e. The van der Waals surface area contributed by atoms with E-state index in [0.29, 0.717) is 12.5 Å². The molecule has 0 fully saturated rings. The maximum atomic E-state index is 13.3. The second kappa shape index (κ2) is 7.94. The molecule has 156 valence electrons. The van der Waals surface area contributed by atoms with Crippen molar-refractivity contribution < 1.29 is 0 Å². The van der Waals surface area contributed by atoms with Gasteiger partial charge in [0.2, 0.25) is 0 Å². The zero-order chi connectivity index (χ0) is 21.4. The van der Waals surface area contributed by atoms with E-state index in [1.807, 2.05) is 65.4 Å². The van der Waals surface area contributed by atoms with E-state index in [-0.39, 0.29) is 11.7 Å². The molecule has 0 spiro atoms. The van der Waals surface area contributed by atoms with Crippen LogP contribution in [0.25, 0.3) is 22.1 Å². The highest BCUT2D eigenvalue weighted by Crippen LogP contribution is 2.22. The minimum absolute atomic E-state index is 0.00570. The molecule has 0 saturated carbocycles. The zero-order valence-corrected chi connectivity index (χ0v) is 18.1. The van der Waals surface area contributed by atoms with Crippen LogP contribution in [0.1, 0.15) is 51.5 Å². The minimum atomic E-state index is -0.00570. The van der Waals surface area contributed by atoms with Gasteiger partial charge in [-0.2, -0.15) is 0 Å². The van der Waals surface area contributed by atoms with E-state index in [4.69, 9.17) is 10.4 Å². The molecule has 0 aliphatic carbocycles. The molecule has 0 radical (unpaired) electrons. The van der Waals surface area contributed by atoms with Gasteiger partial charge in [-0.15, -0.1) is 0 Å². The molecule has 0 amide bonds. The Bertz CT molecular complexity index is 1270. The fourth-order valence-corrected chi connectivity index (χ4v) is 4.07. The van der Waals surface area contributed by atoms with Crippen molar-refractivity contribution in [1.82, 2.24) is 18.7 Å². The SMILES string of the molecule is CC(C)CCn1c(Cn2c(=O)n(C(C)C)c3ccccc32)nc2cc(C=N)ccc21. The lowest BCUT2D eigenvalue weighted by Crippen LogP contribution is -2.27. The van der Waals surface area contributed by atoms with Crippen molar-refractivity contribution >= 4 is 28.3 Å². The van der Waals surface area contributed by atoms with Gasteiger partial charge >= 0.3 is 5.69 Å². The maximum absolute atomic E-state index is 13.3. The van der Waals surface area contributed by atoms with Crippen molar-refractivity contribution in [1.29, 1.82) is 5.41 Å². The first-order valence-electron chi connectivity index (χ1n) is 10.6. The van der Waals surface area contributed by atoms with Gasteiger partial charge in [-0.1, -0.05) is 32.0 Å².